The van der Waals surface area contributed by atoms with Crippen molar-refractivity contribution in [3.63, 3.8) is 0 Å². The summed E-state index contributed by atoms with van der Waals surface area (Å²) in [5.41, 5.74) is 0.906. The van der Waals surface area contributed by atoms with Crippen molar-refractivity contribution in [3.05, 3.63) is 87.5 Å². The number of nitrogens with zero attached hydrogens (tertiary/aromatic N) is 2. The summed E-state index contributed by atoms with van der Waals surface area (Å²) in [6.45, 7) is 0. The highest BCUT2D eigenvalue weighted by Crippen LogP contribution is 2.46. The van der Waals surface area contributed by atoms with Crippen molar-refractivity contribution in [2.24, 2.45) is 0 Å². The molecule has 34 heavy (non-hydrogen) atoms. The lowest BCUT2D eigenvalue weighted by Crippen LogP contribution is -2.35. The Bertz CT molecular complexity index is 1380. The van der Waals surface area contributed by atoms with Gasteiger partial charge in [-0.2, -0.15) is 18.3 Å². The van der Waals surface area contributed by atoms with Crippen LogP contribution in [0.15, 0.2) is 71.2 Å². The Hall–Kier alpha value is -3.04. The van der Waals surface area contributed by atoms with Gasteiger partial charge in [-0.15, -0.1) is 0 Å². The van der Waals surface area contributed by atoms with Crippen LogP contribution in [0.4, 0.5) is 24.7 Å². The van der Waals surface area contributed by atoms with Crippen molar-refractivity contribution in [3.8, 4) is 0 Å². The molecule has 0 radical (unpaired) electrons. The van der Waals surface area contributed by atoms with Crippen molar-refractivity contribution < 1.29 is 18.0 Å². The summed E-state index contributed by atoms with van der Waals surface area (Å²) in [6.07, 6.45) is -4.87. The first kappa shape index (κ1) is 22.7. The molecule has 1 amide bonds. The molecule has 0 saturated heterocycles. The molecule has 1 aliphatic rings. The number of carbonyl (C=O) groups is 1. The number of anilines is 2. The van der Waals surface area contributed by atoms with Gasteiger partial charge in [-0.05, 0) is 29.1 Å². The minimum atomic E-state index is -4.58. The number of amides is 1. The first-order valence-electron chi connectivity index (χ1n) is 10.4. The summed E-state index contributed by atoms with van der Waals surface area (Å²) >= 11 is 9.77. The minimum Gasteiger partial charge on any atom is -0.362 e. The standard InChI is InChI=1S/C24H17BrClF3N4O/c25-15-10-8-14(9-11-15)18-12-19(24(27,28)29)33-22(30-18)20(26)21(32-33)23(34)31-17-7-3-5-13-4-1-2-6-16(13)17/h1-11,18-19,30H,12H2,(H,31,34)/t18-,19+/m1/s1. The maximum atomic E-state index is 14.0. The maximum absolute atomic E-state index is 14.0. The van der Waals surface area contributed by atoms with Crippen molar-refractivity contribution in [2.45, 2.75) is 24.7 Å². The van der Waals surface area contributed by atoms with Gasteiger partial charge in [0, 0.05) is 22.0 Å². The van der Waals surface area contributed by atoms with E-state index in [0.717, 1.165) is 19.9 Å². The fraction of sp³-hybridized carbons (Fsp3) is 0.167. The summed E-state index contributed by atoms with van der Waals surface area (Å²) in [7, 11) is 0. The van der Waals surface area contributed by atoms with Crippen LogP contribution in [0.2, 0.25) is 5.02 Å². The summed E-state index contributed by atoms with van der Waals surface area (Å²) in [5, 5.41) is 11.3. The van der Waals surface area contributed by atoms with Gasteiger partial charge in [0.2, 0.25) is 0 Å². The molecule has 2 N–H and O–H groups in total. The van der Waals surface area contributed by atoms with Crippen LogP contribution < -0.4 is 10.6 Å². The molecular formula is C24H17BrClF3N4O. The van der Waals surface area contributed by atoms with Crippen LogP contribution in [0.3, 0.4) is 0 Å². The van der Waals surface area contributed by atoms with Crippen LogP contribution in [-0.4, -0.2) is 21.9 Å². The summed E-state index contributed by atoms with van der Waals surface area (Å²) in [6, 6.07) is 17.2. The van der Waals surface area contributed by atoms with Crippen LogP contribution in [0.25, 0.3) is 10.8 Å². The fourth-order valence-electron chi connectivity index (χ4n) is 4.16. The zero-order chi connectivity index (χ0) is 24.0. The van der Waals surface area contributed by atoms with E-state index in [1.54, 1.807) is 36.4 Å². The first-order chi connectivity index (χ1) is 16.2. The number of rotatable bonds is 3. The van der Waals surface area contributed by atoms with Gasteiger partial charge in [0.05, 0.1) is 6.04 Å². The molecule has 10 heteroatoms. The average molecular weight is 550 g/mol. The smallest absolute Gasteiger partial charge is 0.362 e. The molecule has 1 aliphatic heterocycles. The van der Waals surface area contributed by atoms with Crippen molar-refractivity contribution in [1.82, 2.24) is 9.78 Å². The molecule has 0 saturated carbocycles. The van der Waals surface area contributed by atoms with Gasteiger partial charge in [-0.25, -0.2) is 4.68 Å². The van der Waals surface area contributed by atoms with E-state index in [-0.39, 0.29) is 23.0 Å². The number of alkyl halides is 3. The third-order valence-electron chi connectivity index (χ3n) is 5.82. The highest BCUT2D eigenvalue weighted by molar-refractivity contribution is 9.10. The Morgan fingerprint density at radius 3 is 2.53 bits per heavy atom. The molecule has 0 aliphatic carbocycles. The number of hydrogen-bond acceptors (Lipinski definition) is 3. The number of aromatic nitrogens is 2. The Balaban J connectivity index is 1.51. The van der Waals surface area contributed by atoms with Crippen molar-refractivity contribution >= 4 is 55.7 Å². The van der Waals surface area contributed by atoms with Gasteiger partial charge in [-0.3, -0.25) is 4.79 Å². The molecule has 2 heterocycles. The Kier molecular flexibility index (Phi) is 5.77. The first-order valence-corrected chi connectivity index (χ1v) is 11.6. The Labute approximate surface area is 206 Å². The van der Waals surface area contributed by atoms with E-state index in [1.807, 2.05) is 30.3 Å². The molecule has 4 aromatic rings. The molecule has 1 aromatic heterocycles. The third kappa shape index (κ3) is 4.14. The molecule has 0 fully saturated rings. The predicted octanol–water partition coefficient (Wildman–Crippen LogP) is 7.36. The zero-order valence-corrected chi connectivity index (χ0v) is 19.7. The maximum Gasteiger partial charge on any atom is 0.410 e. The lowest BCUT2D eigenvalue weighted by atomic mass is 9.97. The Morgan fingerprint density at radius 1 is 1.09 bits per heavy atom. The van der Waals surface area contributed by atoms with E-state index in [1.165, 1.54) is 0 Å². The lowest BCUT2D eigenvalue weighted by Gasteiger charge is -2.33. The second-order valence-electron chi connectivity index (χ2n) is 7.98. The van der Waals surface area contributed by atoms with E-state index in [0.29, 0.717) is 11.3 Å². The van der Waals surface area contributed by atoms with Gasteiger partial charge in [0.15, 0.2) is 11.7 Å². The van der Waals surface area contributed by atoms with Gasteiger partial charge >= 0.3 is 6.18 Å². The topological polar surface area (TPSA) is 59.0 Å². The molecule has 5 rings (SSSR count). The van der Waals surface area contributed by atoms with Gasteiger partial charge in [-0.1, -0.05) is 76.1 Å². The number of benzene rings is 3. The van der Waals surface area contributed by atoms with Crippen molar-refractivity contribution in [1.29, 1.82) is 0 Å². The van der Waals surface area contributed by atoms with Crippen LogP contribution in [-0.2, 0) is 0 Å². The molecule has 0 bridgehead atoms. The van der Waals surface area contributed by atoms with Gasteiger partial charge < -0.3 is 10.6 Å². The Morgan fingerprint density at radius 2 is 1.79 bits per heavy atom. The largest absolute Gasteiger partial charge is 0.410 e. The third-order valence-corrected chi connectivity index (χ3v) is 6.71. The number of hydrogen-bond donors (Lipinski definition) is 2. The molecule has 5 nitrogen and oxygen atoms in total. The van der Waals surface area contributed by atoms with Crippen LogP contribution in [0.5, 0.6) is 0 Å². The van der Waals surface area contributed by atoms with Gasteiger partial charge in [0.1, 0.15) is 10.8 Å². The SMILES string of the molecule is O=C(Nc1cccc2ccccc12)c1nn2c(c1Cl)N[C@@H](c1ccc(Br)cc1)C[C@H]2C(F)(F)F. The monoisotopic (exact) mass is 548 g/mol. The fourth-order valence-corrected chi connectivity index (χ4v) is 4.69. The van der Waals surface area contributed by atoms with Crippen LogP contribution in [0, 0.1) is 0 Å². The van der Waals surface area contributed by atoms with Crippen LogP contribution >= 0.6 is 27.5 Å². The van der Waals surface area contributed by atoms with E-state index < -0.39 is 24.2 Å². The highest BCUT2D eigenvalue weighted by Gasteiger charge is 2.47. The summed E-state index contributed by atoms with van der Waals surface area (Å²) < 4.78 is 43.6. The number of fused-ring (bicyclic) bond motifs is 2. The van der Waals surface area contributed by atoms with E-state index in [4.69, 9.17) is 11.6 Å². The van der Waals surface area contributed by atoms with E-state index in [2.05, 4.69) is 31.7 Å². The summed E-state index contributed by atoms with van der Waals surface area (Å²) in [4.78, 5) is 13.1. The predicted molar refractivity (Wildman–Crippen MR) is 129 cm³/mol. The van der Waals surface area contributed by atoms with E-state index in [9.17, 15) is 18.0 Å². The molecule has 0 spiro atoms. The van der Waals surface area contributed by atoms with Crippen molar-refractivity contribution in [2.75, 3.05) is 10.6 Å². The minimum absolute atomic E-state index is 0.0359. The average Bonchev–Trinajstić information content (AvgIpc) is 3.15. The number of nitrogens with one attached hydrogen (secondary N) is 2. The highest BCUT2D eigenvalue weighted by atomic mass is 79.9. The molecule has 0 unspecified atom stereocenters. The second-order valence-corrected chi connectivity index (χ2v) is 9.27. The van der Waals surface area contributed by atoms with Crippen LogP contribution in [0.1, 0.15) is 34.6 Å². The molecule has 2 atom stereocenters. The zero-order valence-electron chi connectivity index (χ0n) is 17.4. The quantitative estimate of drug-likeness (QED) is 0.281. The van der Waals surface area contributed by atoms with Gasteiger partial charge in [0.25, 0.3) is 5.91 Å². The molecule has 174 valence electrons. The summed E-state index contributed by atoms with van der Waals surface area (Å²) in [5.74, 6) is -0.725. The molecular weight excluding hydrogens is 533 g/mol. The normalized spacial score (nSPS) is 17.8. The number of carbonyl (C=O) groups excluding carboxylic acids is 1. The molecule has 3 aromatic carbocycles. The lowest BCUT2D eigenvalue weighted by molar-refractivity contribution is -0.173. The number of halogens is 5. The van der Waals surface area contributed by atoms with E-state index >= 15 is 0 Å². The second kappa shape index (κ2) is 8.63.